The van der Waals surface area contributed by atoms with E-state index in [0.717, 1.165) is 86.4 Å². The normalized spacial score (nSPS) is 14.5. The van der Waals surface area contributed by atoms with E-state index in [1.807, 2.05) is 31.2 Å². The molecule has 1 N–H and O–H groups in total. The number of anilines is 1. The Morgan fingerprint density at radius 2 is 1.87 bits per heavy atom. The number of ether oxygens (including phenoxy) is 1. The Morgan fingerprint density at radius 3 is 2.62 bits per heavy atom. The molecule has 1 saturated heterocycles. The minimum absolute atomic E-state index is 0.331. The number of aryl methyl sites for hydroxylation is 2. The van der Waals surface area contributed by atoms with E-state index in [1.54, 1.807) is 12.1 Å². The monoisotopic (exact) mass is 534 g/mol. The van der Waals surface area contributed by atoms with E-state index >= 15 is 0 Å². The van der Waals surface area contributed by atoms with E-state index in [-0.39, 0.29) is 6.01 Å². The fourth-order valence-electron chi connectivity index (χ4n) is 5.02. The molecule has 5 rings (SSSR count). The Hall–Kier alpha value is -4.10. The van der Waals surface area contributed by atoms with Gasteiger partial charge in [-0.25, -0.2) is 4.98 Å². The molecular formula is C29H29F3N6O. The molecule has 2 aromatic carbocycles. The summed E-state index contributed by atoms with van der Waals surface area (Å²) in [6, 6.07) is 13.9. The first-order valence-electron chi connectivity index (χ1n) is 13.0. The fraction of sp³-hybridized carbons (Fsp3) is 0.345. The molecule has 7 nitrogen and oxygen atoms in total. The summed E-state index contributed by atoms with van der Waals surface area (Å²) in [5, 5.41) is 10.3. The van der Waals surface area contributed by atoms with Gasteiger partial charge in [0, 0.05) is 55.2 Å². The molecule has 0 saturated carbocycles. The minimum Gasteiger partial charge on any atom is -0.424 e. The Morgan fingerprint density at radius 1 is 1.05 bits per heavy atom. The number of nitriles is 1. The number of fused-ring (bicyclic) bond motifs is 1. The van der Waals surface area contributed by atoms with Gasteiger partial charge in [0.25, 0.3) is 0 Å². The first kappa shape index (κ1) is 26.5. The van der Waals surface area contributed by atoms with Crippen molar-refractivity contribution in [2.24, 2.45) is 0 Å². The predicted molar refractivity (Wildman–Crippen MR) is 143 cm³/mol. The number of H-pyrrole nitrogens is 1. The van der Waals surface area contributed by atoms with Gasteiger partial charge in [0.2, 0.25) is 0 Å². The van der Waals surface area contributed by atoms with Crippen LogP contribution in [0.25, 0.3) is 10.9 Å². The summed E-state index contributed by atoms with van der Waals surface area (Å²) in [5.41, 5.74) is 4.04. The number of alkyl halides is 3. The molecule has 1 aliphatic heterocycles. The average Bonchev–Trinajstić information content (AvgIpc) is 3.33. The Balaban J connectivity index is 1.09. The number of hydrogen-bond donors (Lipinski definition) is 1. The Labute approximate surface area is 224 Å². The van der Waals surface area contributed by atoms with E-state index < -0.39 is 11.9 Å². The molecule has 39 heavy (non-hydrogen) atoms. The number of nitrogens with zero attached hydrogens (tertiary/aromatic N) is 5. The van der Waals surface area contributed by atoms with Crippen molar-refractivity contribution in [3.05, 3.63) is 77.2 Å². The van der Waals surface area contributed by atoms with Crippen molar-refractivity contribution < 1.29 is 17.9 Å². The van der Waals surface area contributed by atoms with Crippen molar-refractivity contribution in [1.29, 1.82) is 5.26 Å². The fourth-order valence-corrected chi connectivity index (χ4v) is 5.02. The van der Waals surface area contributed by atoms with Crippen LogP contribution in [-0.2, 0) is 12.6 Å². The van der Waals surface area contributed by atoms with Crippen molar-refractivity contribution in [3.63, 3.8) is 0 Å². The van der Waals surface area contributed by atoms with Gasteiger partial charge in [-0.1, -0.05) is 0 Å². The maximum atomic E-state index is 12.9. The van der Waals surface area contributed by atoms with Gasteiger partial charge in [-0.15, -0.1) is 0 Å². The molecule has 0 unspecified atom stereocenters. The van der Waals surface area contributed by atoms with Crippen LogP contribution in [-0.4, -0.2) is 52.6 Å². The van der Waals surface area contributed by atoms with Crippen LogP contribution in [0.1, 0.15) is 35.2 Å². The summed E-state index contributed by atoms with van der Waals surface area (Å²) in [6.07, 6.45) is 1.71. The number of piperazine rings is 1. The van der Waals surface area contributed by atoms with Crippen LogP contribution in [0, 0.1) is 18.3 Å². The molecule has 202 valence electrons. The second kappa shape index (κ2) is 11.3. The highest BCUT2D eigenvalue weighted by Gasteiger charge is 2.33. The lowest BCUT2D eigenvalue weighted by molar-refractivity contribution is -0.141. The molecule has 0 aliphatic carbocycles. The number of unbranched alkanes of at least 4 members (excludes halogenated alkanes) is 1. The first-order chi connectivity index (χ1) is 18.8. The van der Waals surface area contributed by atoms with Crippen molar-refractivity contribution in [3.8, 4) is 17.8 Å². The topological polar surface area (TPSA) is 81.1 Å². The molecular weight excluding hydrogens is 505 g/mol. The van der Waals surface area contributed by atoms with Crippen molar-refractivity contribution >= 4 is 16.6 Å². The first-order valence-corrected chi connectivity index (χ1v) is 13.0. The molecule has 0 spiro atoms. The van der Waals surface area contributed by atoms with Crippen molar-refractivity contribution in [2.45, 2.75) is 32.4 Å². The molecule has 0 amide bonds. The van der Waals surface area contributed by atoms with Gasteiger partial charge in [0.1, 0.15) is 5.75 Å². The lowest BCUT2D eigenvalue weighted by Gasteiger charge is -2.37. The summed E-state index contributed by atoms with van der Waals surface area (Å²) < 4.78 is 44.2. The van der Waals surface area contributed by atoms with Gasteiger partial charge >= 0.3 is 12.2 Å². The third kappa shape index (κ3) is 6.32. The average molecular weight is 535 g/mol. The van der Waals surface area contributed by atoms with Gasteiger partial charge < -0.3 is 14.6 Å². The van der Waals surface area contributed by atoms with Gasteiger partial charge in [-0.3, -0.25) is 4.90 Å². The number of nitrogens with one attached hydrogen (secondary N) is 1. The van der Waals surface area contributed by atoms with Crippen molar-refractivity contribution in [1.82, 2.24) is 19.9 Å². The number of benzene rings is 2. The molecule has 3 heterocycles. The van der Waals surface area contributed by atoms with E-state index in [4.69, 9.17) is 4.74 Å². The van der Waals surface area contributed by atoms with Crippen LogP contribution in [0.4, 0.5) is 18.9 Å². The molecule has 0 bridgehead atoms. The van der Waals surface area contributed by atoms with Crippen LogP contribution >= 0.6 is 0 Å². The third-order valence-corrected chi connectivity index (χ3v) is 7.08. The molecule has 10 heteroatoms. The quantitative estimate of drug-likeness (QED) is 0.276. The van der Waals surface area contributed by atoms with E-state index in [0.29, 0.717) is 11.3 Å². The lowest BCUT2D eigenvalue weighted by atomic mass is 10.0. The summed E-state index contributed by atoms with van der Waals surface area (Å²) in [5.74, 6) is 0.397. The summed E-state index contributed by atoms with van der Waals surface area (Å²) in [6.45, 7) is 6.74. The zero-order valence-corrected chi connectivity index (χ0v) is 21.6. The van der Waals surface area contributed by atoms with Crippen LogP contribution in [0.2, 0.25) is 0 Å². The van der Waals surface area contributed by atoms with E-state index in [1.165, 1.54) is 5.56 Å². The highest BCUT2D eigenvalue weighted by molar-refractivity contribution is 5.84. The second-order valence-corrected chi connectivity index (χ2v) is 9.74. The molecule has 0 atom stereocenters. The molecule has 1 aliphatic rings. The molecule has 1 fully saturated rings. The molecule has 0 radical (unpaired) electrons. The highest BCUT2D eigenvalue weighted by atomic mass is 19.4. The Bertz CT molecular complexity index is 1480. The number of rotatable bonds is 8. The number of aromatic nitrogens is 3. The molecule has 2 aromatic heterocycles. The number of halogens is 3. The lowest BCUT2D eigenvalue weighted by Crippen LogP contribution is -2.46. The second-order valence-electron chi connectivity index (χ2n) is 9.74. The SMILES string of the molecule is Cc1cc(Oc2nccc(C(F)(F)F)n2)ccc1N1CCN(CCCCc2c[nH]c3ccc(C#N)cc23)CC1. The van der Waals surface area contributed by atoms with Crippen LogP contribution < -0.4 is 9.64 Å². The zero-order valence-electron chi connectivity index (χ0n) is 21.6. The third-order valence-electron chi connectivity index (χ3n) is 7.08. The largest absolute Gasteiger partial charge is 0.433 e. The highest BCUT2D eigenvalue weighted by Crippen LogP contribution is 2.31. The van der Waals surface area contributed by atoms with E-state index in [9.17, 15) is 18.4 Å². The van der Waals surface area contributed by atoms with Gasteiger partial charge in [-0.2, -0.15) is 23.4 Å². The maximum Gasteiger partial charge on any atom is 0.433 e. The van der Waals surface area contributed by atoms with Gasteiger partial charge in [0.05, 0.1) is 11.6 Å². The molecule has 4 aromatic rings. The smallest absolute Gasteiger partial charge is 0.424 e. The zero-order chi connectivity index (χ0) is 27.4. The minimum atomic E-state index is -4.55. The van der Waals surface area contributed by atoms with E-state index in [2.05, 4.69) is 37.0 Å². The summed E-state index contributed by atoms with van der Waals surface area (Å²) >= 11 is 0. The summed E-state index contributed by atoms with van der Waals surface area (Å²) in [7, 11) is 0. The number of aromatic amines is 1. The van der Waals surface area contributed by atoms with Crippen molar-refractivity contribution in [2.75, 3.05) is 37.6 Å². The standard InChI is InChI=1S/C29H29F3N6O/c1-20-16-23(39-28-34-10-9-27(36-28)29(30,31)32)6-8-26(20)38-14-12-37(13-15-38)11-3-2-4-22-19-35-25-7-5-21(18-33)17-24(22)25/h5-10,16-17,19,35H,2-4,11-15H2,1H3. The summed E-state index contributed by atoms with van der Waals surface area (Å²) in [4.78, 5) is 15.4. The van der Waals surface area contributed by atoms with Crippen LogP contribution in [0.5, 0.6) is 11.8 Å². The Kier molecular flexibility index (Phi) is 7.70. The maximum absolute atomic E-state index is 12.9. The predicted octanol–water partition coefficient (Wildman–Crippen LogP) is 6.09. The van der Waals surface area contributed by atoms with Gasteiger partial charge in [-0.05, 0) is 86.3 Å². The van der Waals surface area contributed by atoms with Crippen LogP contribution in [0.3, 0.4) is 0 Å². The number of hydrogen-bond acceptors (Lipinski definition) is 6. The van der Waals surface area contributed by atoms with Gasteiger partial charge in [0.15, 0.2) is 5.69 Å². The van der Waals surface area contributed by atoms with Crippen LogP contribution in [0.15, 0.2) is 54.9 Å².